The maximum atomic E-state index is 12.9. The minimum absolute atomic E-state index is 0.281. The first-order chi connectivity index (χ1) is 14.1. The molecule has 2 aromatic rings. The van der Waals surface area contributed by atoms with Crippen molar-refractivity contribution in [3.8, 4) is 17.5 Å². The Hall–Kier alpha value is -2.37. The third kappa shape index (κ3) is 4.16. The van der Waals surface area contributed by atoms with E-state index in [1.807, 2.05) is 0 Å². The summed E-state index contributed by atoms with van der Waals surface area (Å²) in [6, 6.07) is 8.74. The molecule has 4 rings (SSSR count). The minimum atomic E-state index is -3.49. The van der Waals surface area contributed by atoms with Crippen LogP contribution in [-0.2, 0) is 10.0 Å². The van der Waals surface area contributed by atoms with E-state index in [1.165, 1.54) is 6.42 Å². The summed E-state index contributed by atoms with van der Waals surface area (Å²) in [5, 5.41) is 9.44. The molecule has 0 unspecified atom stereocenters. The summed E-state index contributed by atoms with van der Waals surface area (Å²) < 4.78 is 33.4. The smallest absolute Gasteiger partial charge is 0.243 e. The van der Waals surface area contributed by atoms with Gasteiger partial charge >= 0.3 is 0 Å². The van der Waals surface area contributed by atoms with Crippen LogP contribution in [0.15, 0.2) is 33.6 Å². The van der Waals surface area contributed by atoms with Gasteiger partial charge in [0.15, 0.2) is 0 Å². The number of hydrogen-bond donors (Lipinski definition) is 0. The number of aromatic nitrogens is 1. The number of oxazole rings is 1. The third-order valence-electron chi connectivity index (χ3n) is 5.66. The van der Waals surface area contributed by atoms with Gasteiger partial charge in [-0.05, 0) is 56.4 Å². The number of anilines is 1. The molecule has 0 N–H and O–H groups in total. The number of rotatable bonds is 4. The Balaban J connectivity index is 1.58. The molecule has 0 spiro atoms. The van der Waals surface area contributed by atoms with Crippen molar-refractivity contribution in [2.75, 3.05) is 31.1 Å². The molecule has 0 bridgehead atoms. The lowest BCUT2D eigenvalue weighted by molar-refractivity contribution is 0.423. The lowest BCUT2D eigenvalue weighted by Crippen LogP contribution is -2.31. The van der Waals surface area contributed by atoms with Crippen molar-refractivity contribution in [2.24, 2.45) is 0 Å². The first-order valence-corrected chi connectivity index (χ1v) is 11.8. The Morgan fingerprint density at radius 2 is 1.48 bits per heavy atom. The summed E-state index contributed by atoms with van der Waals surface area (Å²) in [4.78, 5) is 6.69. The summed E-state index contributed by atoms with van der Waals surface area (Å²) in [7, 11) is -3.49. The van der Waals surface area contributed by atoms with E-state index in [2.05, 4.69) is 16.0 Å². The summed E-state index contributed by atoms with van der Waals surface area (Å²) in [6.45, 7) is 2.87. The van der Waals surface area contributed by atoms with Gasteiger partial charge in [0, 0.05) is 31.7 Å². The van der Waals surface area contributed by atoms with Gasteiger partial charge in [-0.1, -0.05) is 12.8 Å². The summed E-state index contributed by atoms with van der Waals surface area (Å²) in [5.41, 5.74) is 0.947. The van der Waals surface area contributed by atoms with Crippen LogP contribution in [0.3, 0.4) is 0 Å². The van der Waals surface area contributed by atoms with E-state index >= 15 is 0 Å². The Labute approximate surface area is 172 Å². The quantitative estimate of drug-likeness (QED) is 0.756. The molecule has 7 nitrogen and oxygen atoms in total. The van der Waals surface area contributed by atoms with Crippen LogP contribution in [0.2, 0.25) is 0 Å². The predicted molar refractivity (Wildman–Crippen MR) is 110 cm³/mol. The molecule has 1 aromatic carbocycles. The highest BCUT2D eigenvalue weighted by molar-refractivity contribution is 7.89. The van der Waals surface area contributed by atoms with Gasteiger partial charge < -0.3 is 9.32 Å². The van der Waals surface area contributed by atoms with Crippen LogP contribution in [0.25, 0.3) is 11.5 Å². The van der Waals surface area contributed by atoms with E-state index < -0.39 is 10.0 Å². The SMILES string of the molecule is N#Cc1nc(-c2ccc(S(=O)(=O)N3CCCCCC3)cc2)oc1N1CCCCC1. The average molecular weight is 415 g/mol. The molecule has 2 saturated heterocycles. The van der Waals surface area contributed by atoms with Crippen LogP contribution in [-0.4, -0.2) is 43.9 Å². The number of sulfonamides is 1. The maximum absolute atomic E-state index is 12.9. The molecular weight excluding hydrogens is 388 g/mol. The van der Waals surface area contributed by atoms with E-state index in [-0.39, 0.29) is 10.6 Å². The number of hydrogen-bond acceptors (Lipinski definition) is 6. The lowest BCUT2D eigenvalue weighted by Gasteiger charge is -2.25. The lowest BCUT2D eigenvalue weighted by atomic mass is 10.1. The van der Waals surface area contributed by atoms with Crippen molar-refractivity contribution in [3.05, 3.63) is 30.0 Å². The number of benzene rings is 1. The first-order valence-electron chi connectivity index (χ1n) is 10.4. The number of nitriles is 1. The summed E-state index contributed by atoms with van der Waals surface area (Å²) in [6.07, 6.45) is 7.30. The molecule has 1 aromatic heterocycles. The molecule has 0 saturated carbocycles. The fourth-order valence-corrected chi connectivity index (χ4v) is 5.54. The van der Waals surface area contributed by atoms with Crippen molar-refractivity contribution in [1.29, 1.82) is 5.26 Å². The highest BCUT2D eigenvalue weighted by Gasteiger charge is 2.26. The minimum Gasteiger partial charge on any atom is -0.419 e. The Morgan fingerprint density at radius 3 is 2.10 bits per heavy atom. The molecule has 3 heterocycles. The molecule has 154 valence electrons. The van der Waals surface area contributed by atoms with Gasteiger partial charge in [0.25, 0.3) is 0 Å². The molecule has 0 radical (unpaired) electrons. The monoisotopic (exact) mass is 414 g/mol. The Kier molecular flexibility index (Phi) is 5.88. The molecule has 2 fully saturated rings. The molecular formula is C21H26N4O3S. The van der Waals surface area contributed by atoms with E-state index in [4.69, 9.17) is 4.42 Å². The Morgan fingerprint density at radius 1 is 0.897 bits per heavy atom. The highest BCUT2D eigenvalue weighted by atomic mass is 32.2. The van der Waals surface area contributed by atoms with E-state index in [1.54, 1.807) is 28.6 Å². The normalized spacial score (nSPS) is 18.9. The van der Waals surface area contributed by atoms with Gasteiger partial charge in [0.1, 0.15) is 6.07 Å². The van der Waals surface area contributed by atoms with Gasteiger partial charge in [0.2, 0.25) is 27.5 Å². The van der Waals surface area contributed by atoms with Crippen molar-refractivity contribution in [2.45, 2.75) is 49.8 Å². The predicted octanol–water partition coefficient (Wildman–Crippen LogP) is 3.77. The van der Waals surface area contributed by atoms with Crippen molar-refractivity contribution in [1.82, 2.24) is 9.29 Å². The largest absolute Gasteiger partial charge is 0.419 e. The van der Waals surface area contributed by atoms with Crippen LogP contribution >= 0.6 is 0 Å². The zero-order valence-electron chi connectivity index (χ0n) is 16.5. The van der Waals surface area contributed by atoms with Gasteiger partial charge in [-0.25, -0.2) is 8.42 Å². The number of nitrogens with zero attached hydrogens (tertiary/aromatic N) is 4. The van der Waals surface area contributed by atoms with Gasteiger partial charge in [-0.15, -0.1) is 0 Å². The number of piperidine rings is 1. The van der Waals surface area contributed by atoms with Crippen molar-refractivity contribution < 1.29 is 12.8 Å². The summed E-state index contributed by atoms with van der Waals surface area (Å²) >= 11 is 0. The van der Waals surface area contributed by atoms with Crippen molar-refractivity contribution in [3.63, 3.8) is 0 Å². The third-order valence-corrected chi connectivity index (χ3v) is 7.58. The topological polar surface area (TPSA) is 90.4 Å². The second kappa shape index (κ2) is 8.56. The average Bonchev–Trinajstić information content (AvgIpc) is 2.99. The fourth-order valence-electron chi connectivity index (χ4n) is 4.02. The first kappa shape index (κ1) is 19.9. The fraction of sp³-hybridized carbons (Fsp3) is 0.524. The zero-order valence-corrected chi connectivity index (χ0v) is 17.3. The van der Waals surface area contributed by atoms with Gasteiger partial charge in [-0.2, -0.15) is 14.6 Å². The molecule has 8 heteroatoms. The second-order valence-corrected chi connectivity index (χ2v) is 9.61. The maximum Gasteiger partial charge on any atom is 0.243 e. The molecule has 2 aliphatic heterocycles. The second-order valence-electron chi connectivity index (χ2n) is 7.67. The van der Waals surface area contributed by atoms with Gasteiger partial charge in [-0.3, -0.25) is 0 Å². The highest BCUT2D eigenvalue weighted by Crippen LogP contribution is 2.31. The zero-order chi connectivity index (χ0) is 20.3. The Bertz CT molecular complexity index is 978. The molecule has 0 amide bonds. The van der Waals surface area contributed by atoms with Crippen LogP contribution in [0.5, 0.6) is 0 Å². The van der Waals surface area contributed by atoms with Crippen LogP contribution < -0.4 is 4.90 Å². The van der Waals surface area contributed by atoms with E-state index in [9.17, 15) is 13.7 Å². The summed E-state index contributed by atoms with van der Waals surface area (Å²) in [5.74, 6) is 0.865. The molecule has 29 heavy (non-hydrogen) atoms. The van der Waals surface area contributed by atoms with Crippen molar-refractivity contribution >= 4 is 15.9 Å². The van der Waals surface area contributed by atoms with Crippen LogP contribution in [0.1, 0.15) is 50.6 Å². The van der Waals surface area contributed by atoms with E-state index in [0.717, 1.165) is 51.6 Å². The standard InChI is InChI=1S/C21H26N4O3S/c22-16-19-21(24-12-4-3-5-13-24)28-20(23-19)17-8-10-18(11-9-17)29(26,27)25-14-6-1-2-7-15-25/h8-11H,1-7,12-15H2. The molecule has 0 aliphatic carbocycles. The van der Waals surface area contributed by atoms with Crippen LogP contribution in [0.4, 0.5) is 5.88 Å². The van der Waals surface area contributed by atoms with Gasteiger partial charge in [0.05, 0.1) is 4.90 Å². The van der Waals surface area contributed by atoms with E-state index in [0.29, 0.717) is 30.4 Å². The molecule has 0 atom stereocenters. The molecule has 2 aliphatic rings. The van der Waals surface area contributed by atoms with Crippen LogP contribution in [0, 0.1) is 11.3 Å².